The van der Waals surface area contributed by atoms with Crippen molar-refractivity contribution in [2.45, 2.75) is 18.9 Å². The zero-order valence-electron chi connectivity index (χ0n) is 18.0. The number of nitrogens with one attached hydrogen (secondary N) is 1. The number of nitrogens with zero attached hydrogens (tertiary/aromatic N) is 2. The van der Waals surface area contributed by atoms with Crippen molar-refractivity contribution in [2.24, 2.45) is 0 Å². The summed E-state index contributed by atoms with van der Waals surface area (Å²) in [6.07, 6.45) is 2.26. The number of carbonyl (C=O) groups is 2. The molecule has 170 valence electrons. The molecule has 32 heavy (non-hydrogen) atoms. The van der Waals surface area contributed by atoms with Crippen LogP contribution in [0.2, 0.25) is 0 Å². The van der Waals surface area contributed by atoms with Crippen LogP contribution in [-0.2, 0) is 9.53 Å². The maximum absolute atomic E-state index is 13.0. The molecule has 2 aliphatic rings. The van der Waals surface area contributed by atoms with Gasteiger partial charge in [-0.1, -0.05) is 0 Å². The summed E-state index contributed by atoms with van der Waals surface area (Å²) < 4.78 is 24.3. The number of halogens is 1. The van der Waals surface area contributed by atoms with Crippen LogP contribution >= 0.6 is 0 Å². The Labute approximate surface area is 187 Å². The minimum Gasteiger partial charge on any atom is -0.491 e. The summed E-state index contributed by atoms with van der Waals surface area (Å²) >= 11 is 0. The summed E-state index contributed by atoms with van der Waals surface area (Å²) in [5.41, 5.74) is 1.19. The molecule has 4 rings (SSSR count). The van der Waals surface area contributed by atoms with Gasteiger partial charge in [0.1, 0.15) is 18.2 Å². The fraction of sp³-hybridized carbons (Fsp3) is 0.417. The van der Waals surface area contributed by atoms with Crippen molar-refractivity contribution in [2.75, 3.05) is 51.3 Å². The largest absolute Gasteiger partial charge is 0.491 e. The molecule has 1 N–H and O–H groups in total. The first-order valence-corrected chi connectivity index (χ1v) is 11.0. The molecule has 8 heteroatoms. The van der Waals surface area contributed by atoms with Gasteiger partial charge in [-0.25, -0.2) is 4.39 Å². The molecule has 0 aliphatic carbocycles. The van der Waals surface area contributed by atoms with Gasteiger partial charge in [0.15, 0.2) is 0 Å². The molecule has 0 spiro atoms. The van der Waals surface area contributed by atoms with Gasteiger partial charge in [-0.05, 0) is 61.4 Å². The molecule has 0 saturated carbocycles. The number of carbonyl (C=O) groups excluding carboxylic acids is 2. The average molecular weight is 442 g/mol. The molecule has 1 atom stereocenters. The van der Waals surface area contributed by atoms with Crippen LogP contribution in [-0.4, -0.2) is 73.7 Å². The van der Waals surface area contributed by atoms with E-state index in [2.05, 4.69) is 5.32 Å². The Balaban J connectivity index is 1.20. The molecule has 2 heterocycles. The van der Waals surface area contributed by atoms with Gasteiger partial charge >= 0.3 is 0 Å². The minimum absolute atomic E-state index is 0.0221. The number of piperazine rings is 1. The van der Waals surface area contributed by atoms with Gasteiger partial charge in [0.25, 0.3) is 5.91 Å². The highest BCUT2D eigenvalue weighted by molar-refractivity contribution is 5.94. The minimum atomic E-state index is -0.343. The Hall–Kier alpha value is -2.97. The SMILES string of the molecule is O=C(CN1CCN(C(=O)c2ccc(OC[C@@H]3CCCO3)cc2)CC1)Nc1ccc(F)cc1. The summed E-state index contributed by atoms with van der Waals surface area (Å²) in [6.45, 7) is 3.91. The number of hydrogen-bond donors (Lipinski definition) is 1. The van der Waals surface area contributed by atoms with Crippen LogP contribution in [0.1, 0.15) is 23.2 Å². The Kier molecular flexibility index (Phi) is 7.34. The van der Waals surface area contributed by atoms with E-state index in [1.54, 1.807) is 17.0 Å². The molecule has 0 radical (unpaired) electrons. The lowest BCUT2D eigenvalue weighted by molar-refractivity contribution is -0.117. The lowest BCUT2D eigenvalue weighted by Gasteiger charge is -2.34. The molecule has 2 amide bonds. The van der Waals surface area contributed by atoms with Gasteiger partial charge in [-0.2, -0.15) is 0 Å². The van der Waals surface area contributed by atoms with Crippen molar-refractivity contribution < 1.29 is 23.5 Å². The van der Waals surface area contributed by atoms with E-state index < -0.39 is 0 Å². The quantitative estimate of drug-likeness (QED) is 0.716. The first-order chi connectivity index (χ1) is 15.6. The van der Waals surface area contributed by atoms with Crippen molar-refractivity contribution >= 4 is 17.5 Å². The van der Waals surface area contributed by atoms with Crippen LogP contribution in [0, 0.1) is 5.82 Å². The Morgan fingerprint density at radius 2 is 1.75 bits per heavy atom. The Morgan fingerprint density at radius 3 is 2.41 bits per heavy atom. The second-order valence-electron chi connectivity index (χ2n) is 8.09. The predicted octanol–water partition coefficient (Wildman–Crippen LogP) is 2.78. The fourth-order valence-electron chi connectivity index (χ4n) is 3.89. The lowest BCUT2D eigenvalue weighted by Crippen LogP contribution is -2.50. The molecule has 7 nitrogen and oxygen atoms in total. The van der Waals surface area contributed by atoms with E-state index >= 15 is 0 Å². The summed E-state index contributed by atoms with van der Waals surface area (Å²) in [6, 6.07) is 12.9. The average Bonchev–Trinajstić information content (AvgIpc) is 3.33. The van der Waals surface area contributed by atoms with Gasteiger partial charge < -0.3 is 19.7 Å². The number of amides is 2. The number of ether oxygens (including phenoxy) is 2. The third kappa shape index (κ3) is 6.05. The third-order valence-electron chi connectivity index (χ3n) is 5.72. The van der Waals surface area contributed by atoms with Crippen LogP contribution in [0.5, 0.6) is 5.75 Å². The van der Waals surface area contributed by atoms with Crippen LogP contribution in [0.15, 0.2) is 48.5 Å². The van der Waals surface area contributed by atoms with Crippen molar-refractivity contribution in [1.29, 1.82) is 0 Å². The topological polar surface area (TPSA) is 71.1 Å². The number of benzene rings is 2. The molecule has 0 bridgehead atoms. The predicted molar refractivity (Wildman–Crippen MR) is 118 cm³/mol. The fourth-order valence-corrected chi connectivity index (χ4v) is 3.89. The molecule has 2 aliphatic heterocycles. The molecule has 2 fully saturated rings. The van der Waals surface area contributed by atoms with Gasteiger partial charge in [-0.3, -0.25) is 14.5 Å². The third-order valence-corrected chi connectivity index (χ3v) is 5.72. The van der Waals surface area contributed by atoms with Crippen molar-refractivity contribution in [1.82, 2.24) is 9.80 Å². The van der Waals surface area contributed by atoms with Crippen LogP contribution in [0.3, 0.4) is 0 Å². The van der Waals surface area contributed by atoms with E-state index in [4.69, 9.17) is 9.47 Å². The van der Waals surface area contributed by atoms with Crippen LogP contribution in [0.4, 0.5) is 10.1 Å². The van der Waals surface area contributed by atoms with E-state index in [1.807, 2.05) is 17.0 Å². The highest BCUT2D eigenvalue weighted by Gasteiger charge is 2.23. The molecule has 0 aromatic heterocycles. The first kappa shape index (κ1) is 22.2. The van der Waals surface area contributed by atoms with Gasteiger partial charge in [0.05, 0.1) is 12.6 Å². The van der Waals surface area contributed by atoms with Gasteiger partial charge in [-0.15, -0.1) is 0 Å². The molecular formula is C24H28FN3O4. The number of hydrogen-bond acceptors (Lipinski definition) is 5. The number of anilines is 1. The van der Waals surface area contributed by atoms with Crippen LogP contribution in [0.25, 0.3) is 0 Å². The molecule has 2 aromatic rings. The van der Waals surface area contributed by atoms with Crippen molar-refractivity contribution in [3.8, 4) is 5.75 Å². The second kappa shape index (κ2) is 10.6. The lowest BCUT2D eigenvalue weighted by atomic mass is 10.1. The summed E-state index contributed by atoms with van der Waals surface area (Å²) in [5, 5.41) is 2.76. The molecule has 0 unspecified atom stereocenters. The number of rotatable bonds is 7. The van der Waals surface area contributed by atoms with Crippen molar-refractivity contribution in [3.63, 3.8) is 0 Å². The van der Waals surface area contributed by atoms with Crippen LogP contribution < -0.4 is 10.1 Å². The molecule has 2 saturated heterocycles. The maximum atomic E-state index is 13.0. The first-order valence-electron chi connectivity index (χ1n) is 11.0. The highest BCUT2D eigenvalue weighted by atomic mass is 19.1. The zero-order valence-corrected chi connectivity index (χ0v) is 18.0. The van der Waals surface area contributed by atoms with E-state index in [0.717, 1.165) is 25.2 Å². The van der Waals surface area contributed by atoms with Crippen molar-refractivity contribution in [3.05, 3.63) is 59.9 Å². The maximum Gasteiger partial charge on any atom is 0.253 e. The highest BCUT2D eigenvalue weighted by Crippen LogP contribution is 2.18. The normalized spacial score (nSPS) is 19.0. The smallest absolute Gasteiger partial charge is 0.253 e. The van der Waals surface area contributed by atoms with E-state index in [0.29, 0.717) is 44.0 Å². The molecular weight excluding hydrogens is 413 g/mol. The second-order valence-corrected chi connectivity index (χ2v) is 8.09. The summed E-state index contributed by atoms with van der Waals surface area (Å²) in [5.74, 6) is 0.208. The van der Waals surface area contributed by atoms with Gasteiger partial charge in [0.2, 0.25) is 5.91 Å². The van der Waals surface area contributed by atoms with E-state index in [9.17, 15) is 14.0 Å². The van der Waals surface area contributed by atoms with Gasteiger partial charge in [0, 0.05) is 44.0 Å². The summed E-state index contributed by atoms with van der Waals surface area (Å²) in [4.78, 5) is 28.8. The monoisotopic (exact) mass is 441 g/mol. The van der Waals surface area contributed by atoms with E-state index in [1.165, 1.54) is 24.3 Å². The summed E-state index contributed by atoms with van der Waals surface area (Å²) in [7, 11) is 0. The standard InChI is InChI=1S/C24H28FN3O4/c25-19-5-7-20(8-6-19)26-23(29)16-27-11-13-28(14-12-27)24(30)18-3-9-21(10-4-18)32-17-22-2-1-15-31-22/h3-10,22H,1-2,11-17H2,(H,26,29)/t22-/m0/s1. The Morgan fingerprint density at radius 1 is 1.03 bits per heavy atom. The van der Waals surface area contributed by atoms with E-state index in [-0.39, 0.29) is 30.3 Å². The zero-order chi connectivity index (χ0) is 22.3. The molecule has 2 aromatic carbocycles. The Bertz CT molecular complexity index is 906.